The minimum atomic E-state index is 1.18. The van der Waals surface area contributed by atoms with E-state index in [4.69, 9.17) is 5.26 Å². The SMILES string of the molecule is C=C.C=C.C=C.C=CC#N. The third-order valence-corrected chi connectivity index (χ3v) is 0.0913. The molecule has 0 saturated heterocycles. The Morgan fingerprint density at radius 3 is 1.00 bits per heavy atom. The van der Waals surface area contributed by atoms with Crippen molar-refractivity contribution in [2.45, 2.75) is 0 Å². The van der Waals surface area contributed by atoms with Gasteiger partial charge in [-0.2, -0.15) is 5.26 Å². The molecule has 0 aromatic heterocycles. The van der Waals surface area contributed by atoms with Gasteiger partial charge in [0.25, 0.3) is 0 Å². The zero-order chi connectivity index (χ0) is 9.41. The summed E-state index contributed by atoms with van der Waals surface area (Å²) < 4.78 is 0. The van der Waals surface area contributed by atoms with Gasteiger partial charge in [0.1, 0.15) is 0 Å². The summed E-state index contributed by atoms with van der Waals surface area (Å²) >= 11 is 0. The Morgan fingerprint density at radius 1 is 0.900 bits per heavy atom. The fourth-order valence-corrected chi connectivity index (χ4v) is 0. The summed E-state index contributed by atoms with van der Waals surface area (Å²) in [6.07, 6.45) is 1.18. The van der Waals surface area contributed by atoms with Crippen LogP contribution in [0.5, 0.6) is 0 Å². The van der Waals surface area contributed by atoms with Crippen LogP contribution < -0.4 is 0 Å². The molecule has 0 atom stereocenters. The standard InChI is InChI=1S/C3H3N.3C2H4/c1-2-3-4;3*1-2/h2H,1H2;3*1-2H2. The van der Waals surface area contributed by atoms with Crippen LogP contribution in [0.3, 0.4) is 0 Å². The van der Waals surface area contributed by atoms with Gasteiger partial charge in [0.05, 0.1) is 6.07 Å². The molecule has 0 aliphatic heterocycles. The quantitative estimate of drug-likeness (QED) is 0.372. The van der Waals surface area contributed by atoms with Crippen molar-refractivity contribution in [3.63, 3.8) is 0 Å². The zero-order valence-corrected chi connectivity index (χ0v) is 6.47. The molecule has 0 aromatic carbocycles. The van der Waals surface area contributed by atoms with E-state index in [1.54, 1.807) is 6.07 Å². The Labute approximate surface area is 64.3 Å². The highest BCUT2D eigenvalue weighted by Crippen LogP contribution is 1.41. The lowest BCUT2D eigenvalue weighted by Crippen LogP contribution is -1.23. The highest BCUT2D eigenvalue weighted by Gasteiger charge is 1.34. The summed E-state index contributed by atoms with van der Waals surface area (Å²) in [6, 6.07) is 1.69. The molecule has 0 aliphatic rings. The first kappa shape index (κ1) is 23.7. The van der Waals surface area contributed by atoms with Crippen LogP contribution in [0.4, 0.5) is 0 Å². The molecule has 56 valence electrons. The third-order valence-electron chi connectivity index (χ3n) is 0.0913. The van der Waals surface area contributed by atoms with E-state index in [0.29, 0.717) is 0 Å². The second-order valence-corrected chi connectivity index (χ2v) is 0.333. The number of nitrogens with zero attached hydrogens (tertiary/aromatic N) is 1. The highest BCUT2D eigenvalue weighted by molar-refractivity contribution is 4.93. The Morgan fingerprint density at radius 2 is 1.00 bits per heavy atom. The first-order valence-corrected chi connectivity index (χ1v) is 2.42. The van der Waals surface area contributed by atoms with Crippen LogP contribution in [0.2, 0.25) is 0 Å². The van der Waals surface area contributed by atoms with Gasteiger partial charge >= 0.3 is 0 Å². The number of allylic oxidation sites excluding steroid dienone is 1. The molecule has 1 nitrogen and oxygen atoms in total. The summed E-state index contributed by atoms with van der Waals surface area (Å²) in [5.74, 6) is 0. The molecule has 0 unspecified atom stereocenters. The maximum absolute atomic E-state index is 7.51. The van der Waals surface area contributed by atoms with E-state index in [0.717, 1.165) is 0 Å². The number of hydrogen-bond donors (Lipinski definition) is 0. The van der Waals surface area contributed by atoms with Gasteiger partial charge in [0.15, 0.2) is 0 Å². The maximum atomic E-state index is 7.51. The Bertz CT molecular complexity index is 74.5. The van der Waals surface area contributed by atoms with Crippen molar-refractivity contribution in [2.24, 2.45) is 0 Å². The van der Waals surface area contributed by atoms with E-state index in [2.05, 4.69) is 46.1 Å². The summed E-state index contributed by atoms with van der Waals surface area (Å²) in [5.41, 5.74) is 0. The number of rotatable bonds is 0. The van der Waals surface area contributed by atoms with Gasteiger partial charge in [-0.25, -0.2) is 0 Å². The lowest BCUT2D eigenvalue weighted by atomic mass is 10.8. The summed E-state index contributed by atoms with van der Waals surface area (Å²) in [6.45, 7) is 21.1. The van der Waals surface area contributed by atoms with Crippen molar-refractivity contribution in [3.8, 4) is 6.07 Å². The average Bonchev–Trinajstić information content (AvgIpc) is 2.14. The van der Waals surface area contributed by atoms with Crippen molar-refractivity contribution < 1.29 is 0 Å². The van der Waals surface area contributed by atoms with Crippen LogP contribution in [0.25, 0.3) is 0 Å². The minimum absolute atomic E-state index is 1.18. The predicted molar refractivity (Wildman–Crippen MR) is 49.6 cm³/mol. The molecule has 0 spiro atoms. The van der Waals surface area contributed by atoms with Crippen molar-refractivity contribution >= 4 is 0 Å². The molecule has 1 heteroatoms. The third kappa shape index (κ3) is 633. The van der Waals surface area contributed by atoms with Gasteiger partial charge < -0.3 is 0 Å². The lowest BCUT2D eigenvalue weighted by Gasteiger charge is -1.31. The van der Waals surface area contributed by atoms with E-state index < -0.39 is 0 Å². The Kier molecular flexibility index (Phi) is 3620. The molecular formula is C9H15N. The van der Waals surface area contributed by atoms with Crippen LogP contribution in [-0.4, -0.2) is 0 Å². The first-order valence-electron chi connectivity index (χ1n) is 2.42. The summed E-state index contributed by atoms with van der Waals surface area (Å²) in [5, 5.41) is 7.51. The van der Waals surface area contributed by atoms with Crippen LogP contribution in [0, 0.1) is 11.3 Å². The first-order chi connectivity index (χ1) is 4.91. The molecule has 10 heavy (non-hydrogen) atoms. The van der Waals surface area contributed by atoms with Crippen LogP contribution >= 0.6 is 0 Å². The topological polar surface area (TPSA) is 23.8 Å². The molecule has 0 heterocycles. The van der Waals surface area contributed by atoms with Gasteiger partial charge in [-0.1, -0.05) is 6.58 Å². The van der Waals surface area contributed by atoms with Gasteiger partial charge in [0.2, 0.25) is 0 Å². The van der Waals surface area contributed by atoms with Gasteiger partial charge in [-0.15, -0.1) is 39.5 Å². The molecule has 0 saturated carbocycles. The monoisotopic (exact) mass is 137 g/mol. The zero-order valence-electron chi connectivity index (χ0n) is 6.47. The van der Waals surface area contributed by atoms with Crippen LogP contribution in [-0.2, 0) is 0 Å². The van der Waals surface area contributed by atoms with Crippen molar-refractivity contribution in [2.75, 3.05) is 0 Å². The van der Waals surface area contributed by atoms with Gasteiger partial charge in [-0.3, -0.25) is 0 Å². The molecule has 0 bridgehead atoms. The van der Waals surface area contributed by atoms with Crippen molar-refractivity contribution in [3.05, 3.63) is 52.1 Å². The van der Waals surface area contributed by atoms with E-state index in [9.17, 15) is 0 Å². The van der Waals surface area contributed by atoms with E-state index >= 15 is 0 Å². The molecule has 0 aliphatic carbocycles. The second-order valence-electron chi connectivity index (χ2n) is 0.333. The highest BCUT2D eigenvalue weighted by atomic mass is 14.2. The Balaban J connectivity index is -0.0000000262. The lowest BCUT2D eigenvalue weighted by molar-refractivity contribution is 1.54. The number of nitriles is 1. The summed E-state index contributed by atoms with van der Waals surface area (Å²) in [7, 11) is 0. The molecule has 0 rings (SSSR count). The fraction of sp³-hybridized carbons (Fsp3) is 0. The van der Waals surface area contributed by atoms with Gasteiger partial charge in [-0.05, 0) is 0 Å². The smallest absolute Gasteiger partial charge is 0.0905 e. The maximum Gasteiger partial charge on any atom is 0.0905 e. The number of hydrogen-bond acceptors (Lipinski definition) is 1. The average molecular weight is 137 g/mol. The second kappa shape index (κ2) is 1530. The molecule has 0 fully saturated rings. The summed E-state index contributed by atoms with van der Waals surface area (Å²) in [4.78, 5) is 0. The normalized spacial score (nSPS) is 2.70. The van der Waals surface area contributed by atoms with Crippen LogP contribution in [0.15, 0.2) is 52.1 Å². The van der Waals surface area contributed by atoms with E-state index in [-0.39, 0.29) is 0 Å². The van der Waals surface area contributed by atoms with Crippen molar-refractivity contribution in [1.29, 1.82) is 5.26 Å². The predicted octanol–water partition coefficient (Wildman–Crippen LogP) is 3.10. The molecule has 0 N–H and O–H groups in total. The minimum Gasteiger partial charge on any atom is -0.193 e. The van der Waals surface area contributed by atoms with Crippen molar-refractivity contribution in [1.82, 2.24) is 0 Å². The van der Waals surface area contributed by atoms with Gasteiger partial charge in [0, 0.05) is 6.08 Å². The largest absolute Gasteiger partial charge is 0.193 e. The van der Waals surface area contributed by atoms with Crippen LogP contribution in [0.1, 0.15) is 0 Å². The molecule has 0 radical (unpaired) electrons. The molecule has 0 aromatic rings. The molecular weight excluding hydrogens is 122 g/mol. The van der Waals surface area contributed by atoms with E-state index in [1.807, 2.05) is 0 Å². The fourth-order valence-electron chi connectivity index (χ4n) is 0. The Hall–Kier alpha value is -1.55. The van der Waals surface area contributed by atoms with E-state index in [1.165, 1.54) is 6.08 Å². The molecule has 0 amide bonds.